The molecule has 6 nitrogen and oxygen atoms in total. The van der Waals surface area contributed by atoms with Gasteiger partial charge in [-0.15, -0.1) is 0 Å². The number of ether oxygens (including phenoxy) is 1. The number of anilines is 3. The third-order valence-electron chi connectivity index (χ3n) is 3.79. The van der Waals surface area contributed by atoms with Crippen molar-refractivity contribution in [3.63, 3.8) is 0 Å². The molecule has 6 heteroatoms. The maximum Gasteiger partial charge on any atom is 0.274 e. The van der Waals surface area contributed by atoms with Gasteiger partial charge in [0.2, 0.25) is 0 Å². The maximum atomic E-state index is 12.5. The normalized spacial score (nSPS) is 10.2. The summed E-state index contributed by atoms with van der Waals surface area (Å²) in [7, 11) is 0. The number of rotatable bonds is 6. The molecule has 2 aromatic carbocycles. The summed E-state index contributed by atoms with van der Waals surface area (Å²) in [6, 6.07) is 19.8. The maximum absolute atomic E-state index is 12.5. The van der Waals surface area contributed by atoms with Gasteiger partial charge in [-0.05, 0) is 62.4 Å². The number of hydrogen-bond acceptors (Lipinski definition) is 5. The molecule has 0 atom stereocenters. The smallest absolute Gasteiger partial charge is 0.274 e. The largest absolute Gasteiger partial charge is 0.489 e. The van der Waals surface area contributed by atoms with Crippen LogP contribution in [0.25, 0.3) is 0 Å². The quantitative estimate of drug-likeness (QED) is 0.653. The summed E-state index contributed by atoms with van der Waals surface area (Å²) in [5, 5.41) is 14.9. The average Bonchev–Trinajstić information content (AvgIpc) is 2.70. The van der Waals surface area contributed by atoms with Crippen LogP contribution in [-0.2, 0) is 0 Å². The van der Waals surface area contributed by atoms with Gasteiger partial charge >= 0.3 is 0 Å². The van der Waals surface area contributed by atoms with Gasteiger partial charge in [0, 0.05) is 17.6 Å². The highest BCUT2D eigenvalue weighted by Crippen LogP contribution is 2.28. The van der Waals surface area contributed by atoms with Gasteiger partial charge in [-0.25, -0.2) is 0 Å². The molecule has 0 radical (unpaired) electrons. The summed E-state index contributed by atoms with van der Waals surface area (Å²) >= 11 is 0. The predicted molar refractivity (Wildman–Crippen MR) is 109 cm³/mol. The number of amides is 1. The Hall–Kier alpha value is -3.85. The molecule has 3 aromatic rings. The molecule has 28 heavy (non-hydrogen) atoms. The van der Waals surface area contributed by atoms with E-state index in [0.29, 0.717) is 11.3 Å². The monoisotopic (exact) mass is 372 g/mol. The van der Waals surface area contributed by atoms with E-state index in [1.807, 2.05) is 44.2 Å². The van der Waals surface area contributed by atoms with Crippen LogP contribution in [0.2, 0.25) is 0 Å². The highest BCUT2D eigenvalue weighted by Gasteiger charge is 2.10. The zero-order chi connectivity index (χ0) is 19.9. The molecule has 1 aromatic heterocycles. The second kappa shape index (κ2) is 8.69. The van der Waals surface area contributed by atoms with E-state index in [4.69, 9.17) is 10.00 Å². The number of nitriles is 1. The van der Waals surface area contributed by atoms with E-state index in [1.165, 1.54) is 0 Å². The van der Waals surface area contributed by atoms with E-state index >= 15 is 0 Å². The Morgan fingerprint density at radius 1 is 1.07 bits per heavy atom. The fourth-order valence-corrected chi connectivity index (χ4v) is 2.54. The van der Waals surface area contributed by atoms with Crippen LogP contribution in [0.3, 0.4) is 0 Å². The Bertz CT molecular complexity index is 1010. The fraction of sp³-hybridized carbons (Fsp3) is 0.136. The van der Waals surface area contributed by atoms with Crippen LogP contribution in [0.5, 0.6) is 5.75 Å². The number of para-hydroxylation sites is 2. The third-order valence-corrected chi connectivity index (χ3v) is 3.79. The van der Waals surface area contributed by atoms with E-state index < -0.39 is 0 Å². The van der Waals surface area contributed by atoms with Crippen molar-refractivity contribution in [2.24, 2.45) is 0 Å². The number of aromatic nitrogens is 1. The lowest BCUT2D eigenvalue weighted by molar-refractivity contribution is 0.102. The van der Waals surface area contributed by atoms with Crippen LogP contribution in [0.4, 0.5) is 17.1 Å². The van der Waals surface area contributed by atoms with Gasteiger partial charge in [-0.3, -0.25) is 9.78 Å². The van der Waals surface area contributed by atoms with Crippen molar-refractivity contribution in [1.82, 2.24) is 4.98 Å². The molecular weight excluding hydrogens is 352 g/mol. The fourth-order valence-electron chi connectivity index (χ4n) is 2.54. The molecule has 0 saturated heterocycles. The number of carbonyl (C=O) groups is 1. The Labute approximate surface area is 163 Å². The van der Waals surface area contributed by atoms with Gasteiger partial charge in [0.15, 0.2) is 0 Å². The van der Waals surface area contributed by atoms with Crippen LogP contribution >= 0.6 is 0 Å². The van der Waals surface area contributed by atoms with Gasteiger partial charge in [0.1, 0.15) is 11.4 Å². The summed E-state index contributed by atoms with van der Waals surface area (Å²) in [6.45, 7) is 3.93. The number of benzene rings is 2. The minimum Gasteiger partial charge on any atom is -0.489 e. The summed E-state index contributed by atoms with van der Waals surface area (Å²) in [4.78, 5) is 16.6. The molecule has 0 saturated carbocycles. The zero-order valence-electron chi connectivity index (χ0n) is 15.6. The lowest BCUT2D eigenvalue weighted by Crippen LogP contribution is -2.14. The molecule has 0 fully saturated rings. The molecule has 2 N–H and O–H groups in total. The van der Waals surface area contributed by atoms with Crippen molar-refractivity contribution in [3.8, 4) is 11.8 Å². The van der Waals surface area contributed by atoms with Crippen LogP contribution < -0.4 is 15.4 Å². The Kier molecular flexibility index (Phi) is 5.87. The molecule has 0 bridgehead atoms. The van der Waals surface area contributed by atoms with Gasteiger partial charge in [-0.1, -0.05) is 12.1 Å². The first-order valence-electron chi connectivity index (χ1n) is 8.85. The lowest BCUT2D eigenvalue weighted by Gasteiger charge is -2.15. The van der Waals surface area contributed by atoms with Gasteiger partial charge in [0.05, 0.1) is 23.4 Å². The van der Waals surface area contributed by atoms with Crippen molar-refractivity contribution in [3.05, 3.63) is 78.1 Å². The molecule has 3 rings (SSSR count). The SMILES string of the molecule is CC(C)Oc1ccccc1Nc1ccnc(C(=O)Nc2ccc(C#N)cc2)c1. The molecule has 140 valence electrons. The second-order valence-electron chi connectivity index (χ2n) is 6.36. The standard InChI is InChI=1S/C22H20N4O2/c1-15(2)28-21-6-4-3-5-19(21)25-18-11-12-24-20(13-18)22(27)26-17-9-7-16(14-23)8-10-17/h3-13,15H,1-2H3,(H,24,25)(H,26,27). The van der Waals surface area contributed by atoms with E-state index in [2.05, 4.69) is 15.6 Å². The molecule has 0 aliphatic carbocycles. The second-order valence-corrected chi connectivity index (χ2v) is 6.36. The highest BCUT2D eigenvalue weighted by atomic mass is 16.5. The predicted octanol–water partition coefficient (Wildman–Crippen LogP) is 4.74. The molecule has 0 spiro atoms. The van der Waals surface area contributed by atoms with E-state index in [-0.39, 0.29) is 17.7 Å². The molecule has 0 aliphatic heterocycles. The lowest BCUT2D eigenvalue weighted by atomic mass is 10.2. The molecule has 1 amide bonds. The average molecular weight is 372 g/mol. The number of nitrogens with one attached hydrogen (secondary N) is 2. The van der Waals surface area contributed by atoms with Crippen LogP contribution in [0, 0.1) is 11.3 Å². The molecule has 0 aliphatic rings. The highest BCUT2D eigenvalue weighted by molar-refractivity contribution is 6.03. The third kappa shape index (κ3) is 4.86. The minimum atomic E-state index is -0.333. The number of carbonyl (C=O) groups excluding carboxylic acids is 1. The van der Waals surface area contributed by atoms with Crippen LogP contribution in [0.15, 0.2) is 66.9 Å². The molecular formula is C22H20N4O2. The minimum absolute atomic E-state index is 0.0501. The first-order valence-corrected chi connectivity index (χ1v) is 8.85. The Morgan fingerprint density at radius 3 is 2.54 bits per heavy atom. The summed E-state index contributed by atoms with van der Waals surface area (Å²) in [5.41, 5.74) is 2.93. The first kappa shape index (κ1) is 18.9. The first-order chi connectivity index (χ1) is 13.5. The van der Waals surface area contributed by atoms with Gasteiger partial charge in [-0.2, -0.15) is 5.26 Å². The van der Waals surface area contributed by atoms with Crippen LogP contribution in [0.1, 0.15) is 29.9 Å². The summed E-state index contributed by atoms with van der Waals surface area (Å²) in [5.74, 6) is 0.401. The van der Waals surface area contributed by atoms with Gasteiger partial charge < -0.3 is 15.4 Å². The number of pyridine rings is 1. The molecule has 0 unspecified atom stereocenters. The Morgan fingerprint density at radius 2 is 1.82 bits per heavy atom. The van der Waals surface area contributed by atoms with Crippen molar-refractivity contribution >= 4 is 23.0 Å². The number of nitrogens with zero attached hydrogens (tertiary/aromatic N) is 2. The van der Waals surface area contributed by atoms with Crippen molar-refractivity contribution in [2.45, 2.75) is 20.0 Å². The summed E-state index contributed by atoms with van der Waals surface area (Å²) < 4.78 is 5.81. The van der Waals surface area contributed by atoms with E-state index in [0.717, 1.165) is 17.1 Å². The van der Waals surface area contributed by atoms with E-state index in [1.54, 1.807) is 42.6 Å². The van der Waals surface area contributed by atoms with E-state index in [9.17, 15) is 4.79 Å². The topological polar surface area (TPSA) is 87.0 Å². The van der Waals surface area contributed by atoms with Crippen molar-refractivity contribution in [1.29, 1.82) is 5.26 Å². The molecule has 1 heterocycles. The number of hydrogen-bond donors (Lipinski definition) is 2. The Balaban J connectivity index is 1.75. The van der Waals surface area contributed by atoms with Crippen LogP contribution in [-0.4, -0.2) is 17.0 Å². The van der Waals surface area contributed by atoms with Crippen molar-refractivity contribution < 1.29 is 9.53 Å². The van der Waals surface area contributed by atoms with Gasteiger partial charge in [0.25, 0.3) is 5.91 Å². The van der Waals surface area contributed by atoms with Crippen molar-refractivity contribution in [2.75, 3.05) is 10.6 Å². The zero-order valence-corrected chi connectivity index (χ0v) is 15.6. The summed E-state index contributed by atoms with van der Waals surface area (Å²) in [6.07, 6.45) is 1.62.